The van der Waals surface area contributed by atoms with Gasteiger partial charge in [-0.2, -0.15) is 0 Å². The molecule has 0 bridgehead atoms. The van der Waals surface area contributed by atoms with E-state index in [4.69, 9.17) is 9.47 Å². The third-order valence-electron chi connectivity index (χ3n) is 4.03. The van der Waals surface area contributed by atoms with Crippen molar-refractivity contribution in [3.8, 4) is 5.75 Å². The smallest absolute Gasteiger partial charge is 0.407 e. The molecule has 0 aliphatic heterocycles. The molecule has 0 spiro atoms. The molecule has 28 heavy (non-hydrogen) atoms. The minimum absolute atomic E-state index is 0.00739. The number of rotatable bonds is 9. The molecular weight excluding hydrogens is 368 g/mol. The molecule has 9 heteroatoms. The van der Waals surface area contributed by atoms with E-state index in [1.165, 1.54) is 19.2 Å². The van der Waals surface area contributed by atoms with Crippen molar-refractivity contribution in [1.29, 1.82) is 0 Å². The Hall–Kier alpha value is -3.17. The number of ether oxygens (including phenoxy) is 2. The lowest BCUT2D eigenvalue weighted by Crippen LogP contribution is -2.30. The number of carbonyl (C=O) groups is 1. The molecular formula is C19H22N2O7. The zero-order chi connectivity index (χ0) is 20.5. The predicted octanol–water partition coefficient (Wildman–Crippen LogP) is 2.31. The molecule has 0 saturated carbocycles. The molecule has 0 aromatic heterocycles. The zero-order valence-corrected chi connectivity index (χ0v) is 15.3. The van der Waals surface area contributed by atoms with Crippen LogP contribution >= 0.6 is 0 Å². The van der Waals surface area contributed by atoms with Crippen LogP contribution in [0.2, 0.25) is 0 Å². The van der Waals surface area contributed by atoms with Crippen LogP contribution in [0.5, 0.6) is 5.75 Å². The number of nitro benzene ring substituents is 1. The van der Waals surface area contributed by atoms with Crippen LogP contribution in [0.25, 0.3) is 0 Å². The average molecular weight is 390 g/mol. The van der Waals surface area contributed by atoms with Crippen LogP contribution in [-0.4, -0.2) is 41.0 Å². The van der Waals surface area contributed by atoms with E-state index in [2.05, 4.69) is 5.32 Å². The van der Waals surface area contributed by atoms with Crippen LogP contribution in [0, 0.1) is 10.1 Å². The fourth-order valence-corrected chi connectivity index (χ4v) is 2.53. The Morgan fingerprint density at radius 3 is 2.57 bits per heavy atom. The van der Waals surface area contributed by atoms with Gasteiger partial charge in [-0.15, -0.1) is 0 Å². The molecule has 0 saturated heterocycles. The fraction of sp³-hybridized carbons (Fsp3) is 0.316. The Bertz CT molecular complexity index is 798. The Balaban J connectivity index is 1.85. The predicted molar refractivity (Wildman–Crippen MR) is 99.9 cm³/mol. The van der Waals surface area contributed by atoms with E-state index < -0.39 is 23.2 Å². The van der Waals surface area contributed by atoms with Crippen LogP contribution in [0.1, 0.15) is 23.7 Å². The van der Waals surface area contributed by atoms with Crippen molar-refractivity contribution in [2.45, 2.75) is 25.2 Å². The minimum Gasteiger partial charge on any atom is -0.496 e. The summed E-state index contributed by atoms with van der Waals surface area (Å²) in [6.45, 7) is 0.159. The number of nitro groups is 1. The second-order valence-corrected chi connectivity index (χ2v) is 5.97. The first-order chi connectivity index (χ1) is 13.4. The first-order valence-electron chi connectivity index (χ1n) is 8.55. The van der Waals surface area contributed by atoms with Crippen molar-refractivity contribution in [3.05, 3.63) is 69.8 Å². The summed E-state index contributed by atoms with van der Waals surface area (Å²) < 4.78 is 10.1. The molecule has 0 fully saturated rings. The number of non-ortho nitro benzene ring substituents is 1. The number of nitrogens with one attached hydrogen (secondary N) is 1. The van der Waals surface area contributed by atoms with Crippen LogP contribution < -0.4 is 10.1 Å². The average Bonchev–Trinajstić information content (AvgIpc) is 2.71. The molecule has 9 nitrogen and oxygen atoms in total. The van der Waals surface area contributed by atoms with Crippen molar-refractivity contribution >= 4 is 11.8 Å². The van der Waals surface area contributed by atoms with Crippen LogP contribution in [0.3, 0.4) is 0 Å². The number of hydrogen-bond acceptors (Lipinski definition) is 7. The molecule has 2 unspecified atom stereocenters. The van der Waals surface area contributed by atoms with E-state index in [0.29, 0.717) is 0 Å². The Morgan fingerprint density at radius 1 is 1.21 bits per heavy atom. The third kappa shape index (κ3) is 5.93. The highest BCUT2D eigenvalue weighted by Gasteiger charge is 2.24. The number of alkyl carbamates (subject to hydrolysis) is 1. The molecule has 1 amide bonds. The van der Waals surface area contributed by atoms with Crippen LogP contribution in [0.4, 0.5) is 10.5 Å². The summed E-state index contributed by atoms with van der Waals surface area (Å²) in [6.07, 6.45) is -3.34. The molecule has 2 atom stereocenters. The van der Waals surface area contributed by atoms with E-state index >= 15 is 0 Å². The van der Waals surface area contributed by atoms with Gasteiger partial charge in [0.2, 0.25) is 0 Å². The lowest BCUT2D eigenvalue weighted by Gasteiger charge is -2.20. The number of aliphatic hydroxyl groups excluding tert-OH is 2. The fourth-order valence-electron chi connectivity index (χ4n) is 2.53. The number of amides is 1. The van der Waals surface area contributed by atoms with Crippen molar-refractivity contribution in [2.75, 3.05) is 13.7 Å². The number of nitrogens with zero attached hydrogens (tertiary/aromatic N) is 1. The molecule has 2 aromatic rings. The van der Waals surface area contributed by atoms with E-state index in [-0.39, 0.29) is 36.6 Å². The second kappa shape index (κ2) is 10.2. The van der Waals surface area contributed by atoms with Gasteiger partial charge in [0.1, 0.15) is 18.5 Å². The van der Waals surface area contributed by atoms with Crippen molar-refractivity contribution < 1.29 is 29.4 Å². The van der Waals surface area contributed by atoms with Gasteiger partial charge < -0.3 is 25.0 Å². The standard InChI is InChI=1S/C19H22N2O7/c1-27-17-8-7-14(21(25)26)11-15(17)18(23)16(22)9-10-20-19(24)28-12-13-5-3-2-4-6-13/h2-8,11,16,18,22-23H,9-10,12H2,1H3,(H,20,24). The lowest BCUT2D eigenvalue weighted by molar-refractivity contribution is -0.385. The van der Waals surface area contributed by atoms with E-state index in [1.54, 1.807) is 0 Å². The third-order valence-corrected chi connectivity index (χ3v) is 4.03. The topological polar surface area (TPSA) is 131 Å². The largest absolute Gasteiger partial charge is 0.496 e. The van der Waals surface area contributed by atoms with Crippen molar-refractivity contribution in [3.63, 3.8) is 0 Å². The molecule has 3 N–H and O–H groups in total. The van der Waals surface area contributed by atoms with E-state index in [1.807, 2.05) is 30.3 Å². The molecule has 0 heterocycles. The second-order valence-electron chi connectivity index (χ2n) is 5.97. The van der Waals surface area contributed by atoms with Crippen molar-refractivity contribution in [2.24, 2.45) is 0 Å². The van der Waals surface area contributed by atoms with Crippen LogP contribution in [-0.2, 0) is 11.3 Å². The Labute approximate surface area is 161 Å². The van der Waals surface area contributed by atoms with Crippen molar-refractivity contribution in [1.82, 2.24) is 5.32 Å². The molecule has 0 aliphatic carbocycles. The number of methoxy groups -OCH3 is 1. The summed E-state index contributed by atoms with van der Waals surface area (Å²) in [5.74, 6) is 0.215. The molecule has 150 valence electrons. The molecule has 2 rings (SSSR count). The van der Waals surface area contributed by atoms with Gasteiger partial charge in [0, 0.05) is 24.2 Å². The Kier molecular flexibility index (Phi) is 7.73. The molecule has 0 radical (unpaired) electrons. The van der Waals surface area contributed by atoms with E-state index in [9.17, 15) is 25.1 Å². The summed E-state index contributed by atoms with van der Waals surface area (Å²) in [7, 11) is 1.36. The number of benzene rings is 2. The van der Waals surface area contributed by atoms with Gasteiger partial charge in [0.25, 0.3) is 5.69 Å². The van der Waals surface area contributed by atoms with Gasteiger partial charge in [-0.3, -0.25) is 10.1 Å². The summed E-state index contributed by atoms with van der Waals surface area (Å²) >= 11 is 0. The zero-order valence-electron chi connectivity index (χ0n) is 15.3. The lowest BCUT2D eigenvalue weighted by atomic mass is 10.0. The van der Waals surface area contributed by atoms with Gasteiger partial charge >= 0.3 is 6.09 Å². The number of aliphatic hydroxyl groups is 2. The van der Waals surface area contributed by atoms with Gasteiger partial charge in [-0.25, -0.2) is 4.79 Å². The quantitative estimate of drug-likeness (QED) is 0.442. The first kappa shape index (κ1) is 21.1. The molecule has 0 aliphatic rings. The Morgan fingerprint density at radius 2 is 1.93 bits per heavy atom. The highest BCUT2D eigenvalue weighted by Crippen LogP contribution is 2.31. The van der Waals surface area contributed by atoms with Gasteiger partial charge in [0.05, 0.1) is 18.1 Å². The summed E-state index contributed by atoms with van der Waals surface area (Å²) in [5, 5.41) is 33.9. The van der Waals surface area contributed by atoms with Gasteiger partial charge in [-0.05, 0) is 18.1 Å². The highest BCUT2D eigenvalue weighted by molar-refractivity contribution is 5.67. The van der Waals surface area contributed by atoms with Gasteiger partial charge in [-0.1, -0.05) is 30.3 Å². The number of hydrogen-bond donors (Lipinski definition) is 3. The first-order valence-corrected chi connectivity index (χ1v) is 8.55. The summed E-state index contributed by atoms with van der Waals surface area (Å²) in [5.41, 5.74) is 0.700. The number of carbonyl (C=O) groups excluding carboxylic acids is 1. The normalized spacial score (nSPS) is 12.7. The molecule has 2 aromatic carbocycles. The van der Waals surface area contributed by atoms with Gasteiger partial charge in [0.15, 0.2) is 0 Å². The monoisotopic (exact) mass is 390 g/mol. The minimum atomic E-state index is -1.42. The SMILES string of the molecule is COc1ccc([N+](=O)[O-])cc1C(O)C(O)CCNC(=O)OCc1ccccc1. The maximum Gasteiger partial charge on any atom is 0.407 e. The maximum absolute atomic E-state index is 11.7. The highest BCUT2D eigenvalue weighted by atomic mass is 16.6. The van der Waals surface area contributed by atoms with E-state index in [0.717, 1.165) is 11.6 Å². The summed E-state index contributed by atoms with van der Waals surface area (Å²) in [4.78, 5) is 22.0. The maximum atomic E-state index is 11.7. The summed E-state index contributed by atoms with van der Waals surface area (Å²) in [6, 6.07) is 12.9. The van der Waals surface area contributed by atoms with Crippen LogP contribution in [0.15, 0.2) is 48.5 Å².